The Kier molecular flexibility index (Phi) is 3.07. The number of rotatable bonds is 3. The standard InChI is InChI=1S/C9H10N2O5/c1-5-3-4-7(11(15)16)8(12)10(5)6(2)9(13)14/h3-4,6H,1-2H3,(H,13,14). The summed E-state index contributed by atoms with van der Waals surface area (Å²) in [7, 11) is 0. The number of aromatic nitrogens is 1. The second-order valence-corrected chi connectivity index (χ2v) is 3.31. The molecule has 0 saturated heterocycles. The molecule has 7 nitrogen and oxygen atoms in total. The van der Waals surface area contributed by atoms with Gasteiger partial charge in [0.15, 0.2) is 0 Å². The van der Waals surface area contributed by atoms with Crippen molar-refractivity contribution in [1.29, 1.82) is 0 Å². The lowest BCUT2D eigenvalue weighted by molar-refractivity contribution is -0.386. The molecule has 0 aliphatic carbocycles. The zero-order valence-electron chi connectivity index (χ0n) is 8.71. The van der Waals surface area contributed by atoms with E-state index in [-0.39, 0.29) is 0 Å². The molecule has 0 aliphatic heterocycles. The number of aryl methyl sites for hydroxylation is 1. The van der Waals surface area contributed by atoms with Crippen LogP contribution < -0.4 is 5.56 Å². The average Bonchev–Trinajstić information content (AvgIpc) is 2.16. The molecular formula is C9H10N2O5. The van der Waals surface area contributed by atoms with Crippen molar-refractivity contribution in [2.24, 2.45) is 0 Å². The van der Waals surface area contributed by atoms with Crippen molar-refractivity contribution < 1.29 is 14.8 Å². The fourth-order valence-corrected chi connectivity index (χ4v) is 1.37. The molecule has 0 amide bonds. The van der Waals surface area contributed by atoms with Crippen LogP contribution in [0.5, 0.6) is 0 Å². The summed E-state index contributed by atoms with van der Waals surface area (Å²) in [5, 5.41) is 19.3. The number of carbonyl (C=O) groups is 1. The van der Waals surface area contributed by atoms with Crippen molar-refractivity contribution in [3.05, 3.63) is 38.3 Å². The summed E-state index contributed by atoms with van der Waals surface area (Å²) in [4.78, 5) is 32.1. The van der Waals surface area contributed by atoms with Gasteiger partial charge in [-0.3, -0.25) is 19.5 Å². The van der Waals surface area contributed by atoms with E-state index in [4.69, 9.17) is 5.11 Å². The third kappa shape index (κ3) is 1.92. The van der Waals surface area contributed by atoms with Gasteiger partial charge in [-0.05, 0) is 19.9 Å². The second kappa shape index (κ2) is 4.13. The van der Waals surface area contributed by atoms with Crippen molar-refractivity contribution in [2.75, 3.05) is 0 Å². The topological polar surface area (TPSA) is 102 Å². The first kappa shape index (κ1) is 11.9. The number of pyridine rings is 1. The molecule has 1 rings (SSSR count). The van der Waals surface area contributed by atoms with Crippen LogP contribution in [0.15, 0.2) is 16.9 Å². The molecule has 0 aliphatic rings. The summed E-state index contributed by atoms with van der Waals surface area (Å²) in [5.41, 5.74) is -1.16. The molecule has 1 heterocycles. The predicted molar refractivity (Wildman–Crippen MR) is 54.4 cm³/mol. The van der Waals surface area contributed by atoms with Crippen LogP contribution in [0.25, 0.3) is 0 Å². The minimum atomic E-state index is -1.22. The molecule has 86 valence electrons. The fraction of sp³-hybridized carbons (Fsp3) is 0.333. The average molecular weight is 226 g/mol. The number of nitrogens with zero attached hydrogens (tertiary/aromatic N) is 2. The van der Waals surface area contributed by atoms with Crippen LogP contribution in [-0.4, -0.2) is 20.6 Å². The Bertz CT molecular complexity index is 505. The zero-order valence-corrected chi connectivity index (χ0v) is 8.71. The highest BCUT2D eigenvalue weighted by Gasteiger charge is 2.22. The van der Waals surface area contributed by atoms with Crippen LogP contribution >= 0.6 is 0 Å². The van der Waals surface area contributed by atoms with Crippen molar-refractivity contribution in [2.45, 2.75) is 19.9 Å². The first-order valence-corrected chi connectivity index (χ1v) is 4.45. The fourth-order valence-electron chi connectivity index (χ4n) is 1.37. The Morgan fingerprint density at radius 1 is 1.56 bits per heavy atom. The SMILES string of the molecule is Cc1ccc([N+](=O)[O-])c(=O)n1C(C)C(=O)O. The summed E-state index contributed by atoms with van der Waals surface area (Å²) >= 11 is 0. The van der Waals surface area contributed by atoms with Crippen molar-refractivity contribution >= 4 is 11.7 Å². The molecular weight excluding hydrogens is 216 g/mol. The lowest BCUT2D eigenvalue weighted by Gasteiger charge is -2.13. The maximum Gasteiger partial charge on any atom is 0.334 e. The third-order valence-corrected chi connectivity index (χ3v) is 2.24. The van der Waals surface area contributed by atoms with Gasteiger partial charge in [-0.2, -0.15) is 0 Å². The van der Waals surface area contributed by atoms with E-state index >= 15 is 0 Å². The van der Waals surface area contributed by atoms with Crippen molar-refractivity contribution in [3.63, 3.8) is 0 Å². The van der Waals surface area contributed by atoms with E-state index in [9.17, 15) is 19.7 Å². The number of hydrogen-bond donors (Lipinski definition) is 1. The van der Waals surface area contributed by atoms with E-state index in [1.54, 1.807) is 0 Å². The molecule has 1 aromatic heterocycles. The van der Waals surface area contributed by atoms with E-state index in [0.717, 1.165) is 10.6 Å². The second-order valence-electron chi connectivity index (χ2n) is 3.31. The van der Waals surface area contributed by atoms with E-state index in [1.807, 2.05) is 0 Å². The van der Waals surface area contributed by atoms with Crippen molar-refractivity contribution in [1.82, 2.24) is 4.57 Å². The number of carboxylic acid groups (broad SMARTS) is 1. The molecule has 0 spiro atoms. The summed E-state index contributed by atoms with van der Waals surface area (Å²) in [6, 6.07) is 1.29. The van der Waals surface area contributed by atoms with E-state index in [1.165, 1.54) is 19.9 Å². The molecule has 0 aromatic carbocycles. The minimum absolute atomic E-state index is 0.366. The Morgan fingerprint density at radius 3 is 2.56 bits per heavy atom. The van der Waals surface area contributed by atoms with Gasteiger partial charge in [-0.15, -0.1) is 0 Å². The lowest BCUT2D eigenvalue weighted by Crippen LogP contribution is -2.30. The Labute approximate surface area is 90.1 Å². The van der Waals surface area contributed by atoms with Gasteiger partial charge in [0.2, 0.25) is 0 Å². The first-order valence-electron chi connectivity index (χ1n) is 4.45. The van der Waals surface area contributed by atoms with Gasteiger partial charge in [-0.1, -0.05) is 0 Å². The Morgan fingerprint density at radius 2 is 2.12 bits per heavy atom. The number of nitro groups is 1. The molecule has 0 saturated carbocycles. The highest BCUT2D eigenvalue weighted by molar-refractivity contribution is 5.71. The van der Waals surface area contributed by atoms with Gasteiger partial charge in [0, 0.05) is 11.8 Å². The largest absolute Gasteiger partial charge is 0.480 e. The van der Waals surface area contributed by atoms with Gasteiger partial charge in [-0.25, -0.2) is 4.79 Å². The zero-order chi connectivity index (χ0) is 12.5. The summed E-state index contributed by atoms with van der Waals surface area (Å²) in [6.45, 7) is 2.81. The Hall–Kier alpha value is -2.18. The molecule has 1 atom stereocenters. The van der Waals surface area contributed by atoms with Gasteiger partial charge < -0.3 is 5.11 Å². The summed E-state index contributed by atoms with van der Waals surface area (Å²) < 4.78 is 0.889. The number of hydrogen-bond acceptors (Lipinski definition) is 4. The quantitative estimate of drug-likeness (QED) is 0.603. The van der Waals surface area contributed by atoms with Gasteiger partial charge in [0.1, 0.15) is 6.04 Å². The first-order chi connectivity index (χ1) is 7.36. The third-order valence-electron chi connectivity index (χ3n) is 2.24. The van der Waals surface area contributed by atoms with Crippen molar-refractivity contribution in [3.8, 4) is 0 Å². The maximum absolute atomic E-state index is 11.6. The van der Waals surface area contributed by atoms with Gasteiger partial charge in [0.05, 0.1) is 4.92 Å². The smallest absolute Gasteiger partial charge is 0.334 e. The Balaban J connectivity index is 3.50. The van der Waals surface area contributed by atoms with E-state index < -0.39 is 28.2 Å². The highest BCUT2D eigenvalue weighted by Crippen LogP contribution is 2.11. The van der Waals surface area contributed by atoms with Crippen LogP contribution in [0, 0.1) is 17.0 Å². The van der Waals surface area contributed by atoms with E-state index in [0.29, 0.717) is 5.69 Å². The normalized spacial score (nSPS) is 12.1. The lowest BCUT2D eigenvalue weighted by atomic mass is 10.2. The van der Waals surface area contributed by atoms with Crippen LogP contribution in [-0.2, 0) is 4.79 Å². The minimum Gasteiger partial charge on any atom is -0.480 e. The van der Waals surface area contributed by atoms with Gasteiger partial charge in [0.25, 0.3) is 0 Å². The number of aliphatic carboxylic acids is 1. The predicted octanol–water partition coefficient (Wildman–Crippen LogP) is 0.711. The van der Waals surface area contributed by atoms with Crippen LogP contribution in [0.4, 0.5) is 5.69 Å². The highest BCUT2D eigenvalue weighted by atomic mass is 16.6. The monoisotopic (exact) mass is 226 g/mol. The van der Waals surface area contributed by atoms with Crippen LogP contribution in [0.1, 0.15) is 18.7 Å². The molecule has 0 radical (unpaired) electrons. The summed E-state index contributed by atoms with van der Waals surface area (Å²) in [5.74, 6) is -1.22. The number of carboxylic acids is 1. The van der Waals surface area contributed by atoms with Gasteiger partial charge >= 0.3 is 17.2 Å². The maximum atomic E-state index is 11.6. The molecule has 7 heteroatoms. The van der Waals surface area contributed by atoms with Crippen LogP contribution in [0.3, 0.4) is 0 Å². The molecule has 0 fully saturated rings. The molecule has 16 heavy (non-hydrogen) atoms. The molecule has 1 unspecified atom stereocenters. The molecule has 1 aromatic rings. The molecule has 1 N–H and O–H groups in total. The van der Waals surface area contributed by atoms with E-state index in [2.05, 4.69) is 0 Å². The summed E-state index contributed by atoms with van der Waals surface area (Å²) in [6.07, 6.45) is 0. The van der Waals surface area contributed by atoms with Crippen LogP contribution in [0.2, 0.25) is 0 Å². The molecule has 0 bridgehead atoms.